The van der Waals surface area contributed by atoms with Crippen molar-refractivity contribution < 1.29 is 14.6 Å². The van der Waals surface area contributed by atoms with E-state index in [4.69, 9.17) is 9.47 Å². The predicted octanol–water partition coefficient (Wildman–Crippen LogP) is 2.19. The van der Waals surface area contributed by atoms with Crippen LogP contribution < -0.4 is 0 Å². The van der Waals surface area contributed by atoms with Crippen molar-refractivity contribution in [2.75, 3.05) is 13.2 Å². The Kier molecular flexibility index (Phi) is 4.78. The summed E-state index contributed by atoms with van der Waals surface area (Å²) in [4.78, 5) is 1.23. The Bertz CT molecular complexity index is 280. The first-order valence-electron chi connectivity index (χ1n) is 5.78. The van der Waals surface area contributed by atoms with E-state index in [1.54, 1.807) is 11.3 Å². The molecule has 2 heterocycles. The van der Waals surface area contributed by atoms with Crippen LogP contribution >= 0.6 is 11.3 Å². The fraction of sp³-hybridized carbons (Fsp3) is 0.667. The topological polar surface area (TPSA) is 38.7 Å². The minimum absolute atomic E-state index is 0.105. The van der Waals surface area contributed by atoms with Gasteiger partial charge in [0.25, 0.3) is 0 Å². The van der Waals surface area contributed by atoms with Crippen LogP contribution in [0, 0.1) is 0 Å². The van der Waals surface area contributed by atoms with E-state index in [0.29, 0.717) is 0 Å². The predicted molar refractivity (Wildman–Crippen MR) is 63.6 cm³/mol. The average Bonchev–Trinajstić information content (AvgIpc) is 2.81. The molecule has 1 saturated heterocycles. The molecule has 0 amide bonds. The molecule has 0 radical (unpaired) electrons. The lowest BCUT2D eigenvalue weighted by molar-refractivity contribution is -0.183. The molecule has 1 aliphatic rings. The van der Waals surface area contributed by atoms with Crippen LogP contribution in [0.15, 0.2) is 17.5 Å². The lowest BCUT2D eigenvalue weighted by Gasteiger charge is -2.23. The standard InChI is InChI=1S/C12H18O3S/c13-10(9-11-3-1-8-16-11)4-5-12-14-6-2-7-15-12/h1,3,8,10,12-13H,2,4-7,9H2. The van der Waals surface area contributed by atoms with E-state index in [1.165, 1.54) is 4.88 Å². The summed E-state index contributed by atoms with van der Waals surface area (Å²) in [5, 5.41) is 11.9. The maximum absolute atomic E-state index is 9.85. The highest BCUT2D eigenvalue weighted by molar-refractivity contribution is 7.09. The van der Waals surface area contributed by atoms with E-state index in [9.17, 15) is 5.11 Å². The molecule has 1 unspecified atom stereocenters. The molecule has 0 bridgehead atoms. The van der Waals surface area contributed by atoms with E-state index in [1.807, 2.05) is 11.4 Å². The minimum atomic E-state index is -0.284. The van der Waals surface area contributed by atoms with Crippen LogP contribution in [0.5, 0.6) is 0 Å². The zero-order chi connectivity index (χ0) is 11.2. The molecule has 1 aromatic heterocycles. The van der Waals surface area contributed by atoms with Gasteiger partial charge >= 0.3 is 0 Å². The van der Waals surface area contributed by atoms with Gasteiger partial charge in [0.2, 0.25) is 0 Å². The maximum atomic E-state index is 9.85. The Morgan fingerprint density at radius 1 is 1.44 bits per heavy atom. The molecule has 2 rings (SSSR count). The van der Waals surface area contributed by atoms with Gasteiger partial charge in [-0.1, -0.05) is 6.07 Å². The lowest BCUT2D eigenvalue weighted by atomic mass is 10.1. The SMILES string of the molecule is OC(CCC1OCCCO1)Cc1cccs1. The van der Waals surface area contributed by atoms with E-state index in [2.05, 4.69) is 6.07 Å². The Labute approximate surface area is 100 Å². The number of thiophene rings is 1. The molecule has 1 atom stereocenters. The van der Waals surface area contributed by atoms with Crippen molar-refractivity contribution in [2.24, 2.45) is 0 Å². The Balaban J connectivity index is 1.65. The van der Waals surface area contributed by atoms with Crippen LogP contribution in [0.25, 0.3) is 0 Å². The van der Waals surface area contributed by atoms with Gasteiger partial charge in [0.1, 0.15) is 0 Å². The van der Waals surface area contributed by atoms with Crippen LogP contribution in [0.1, 0.15) is 24.1 Å². The number of aliphatic hydroxyl groups excluding tert-OH is 1. The molecule has 4 heteroatoms. The smallest absolute Gasteiger partial charge is 0.157 e. The second-order valence-electron chi connectivity index (χ2n) is 4.04. The van der Waals surface area contributed by atoms with E-state index < -0.39 is 0 Å². The van der Waals surface area contributed by atoms with Crippen molar-refractivity contribution in [1.82, 2.24) is 0 Å². The zero-order valence-corrected chi connectivity index (χ0v) is 10.1. The summed E-state index contributed by atoms with van der Waals surface area (Å²) in [6, 6.07) is 4.07. The molecule has 0 aromatic carbocycles. The van der Waals surface area contributed by atoms with Gasteiger partial charge in [0, 0.05) is 17.7 Å². The molecule has 1 aliphatic heterocycles. The number of aliphatic hydroxyl groups is 1. The summed E-state index contributed by atoms with van der Waals surface area (Å²) in [7, 11) is 0. The highest BCUT2D eigenvalue weighted by atomic mass is 32.1. The van der Waals surface area contributed by atoms with Gasteiger partial charge in [-0.3, -0.25) is 0 Å². The monoisotopic (exact) mass is 242 g/mol. The quantitative estimate of drug-likeness (QED) is 0.860. The molecule has 3 nitrogen and oxygen atoms in total. The van der Waals surface area contributed by atoms with Gasteiger partial charge in [-0.05, 0) is 24.3 Å². The van der Waals surface area contributed by atoms with Crippen LogP contribution in [0.2, 0.25) is 0 Å². The number of rotatable bonds is 5. The van der Waals surface area contributed by atoms with Crippen LogP contribution in [0.3, 0.4) is 0 Å². The molecule has 1 fully saturated rings. The molecule has 0 saturated carbocycles. The zero-order valence-electron chi connectivity index (χ0n) is 9.30. The molecule has 16 heavy (non-hydrogen) atoms. The molecule has 1 aromatic rings. The highest BCUT2D eigenvalue weighted by Crippen LogP contribution is 2.16. The van der Waals surface area contributed by atoms with Crippen LogP contribution in [-0.2, 0) is 15.9 Å². The summed E-state index contributed by atoms with van der Waals surface area (Å²) < 4.78 is 10.9. The number of ether oxygens (including phenoxy) is 2. The fourth-order valence-corrected chi connectivity index (χ4v) is 2.57. The molecular formula is C12H18O3S. The summed E-state index contributed by atoms with van der Waals surface area (Å²) in [5.41, 5.74) is 0. The Hall–Kier alpha value is -0.420. The van der Waals surface area contributed by atoms with Crippen LogP contribution in [0.4, 0.5) is 0 Å². The van der Waals surface area contributed by atoms with Gasteiger partial charge in [-0.15, -0.1) is 11.3 Å². The third-order valence-corrected chi connectivity index (χ3v) is 3.55. The van der Waals surface area contributed by atoms with Gasteiger partial charge in [0.15, 0.2) is 6.29 Å². The molecule has 90 valence electrons. The summed E-state index contributed by atoms with van der Waals surface area (Å²) in [6.45, 7) is 1.57. The van der Waals surface area contributed by atoms with Crippen molar-refractivity contribution in [1.29, 1.82) is 0 Å². The number of hydrogen-bond donors (Lipinski definition) is 1. The van der Waals surface area contributed by atoms with Gasteiger partial charge in [-0.25, -0.2) is 0 Å². The third kappa shape index (κ3) is 3.87. The summed E-state index contributed by atoms with van der Waals surface area (Å²) >= 11 is 1.69. The van der Waals surface area contributed by atoms with Crippen molar-refractivity contribution >= 4 is 11.3 Å². The Morgan fingerprint density at radius 2 is 2.25 bits per heavy atom. The number of hydrogen-bond acceptors (Lipinski definition) is 4. The first kappa shape index (κ1) is 12.0. The normalized spacial score (nSPS) is 19.8. The van der Waals surface area contributed by atoms with Gasteiger partial charge in [0.05, 0.1) is 19.3 Å². The second kappa shape index (κ2) is 6.35. The Morgan fingerprint density at radius 3 is 2.94 bits per heavy atom. The van der Waals surface area contributed by atoms with E-state index in [0.717, 1.165) is 38.9 Å². The van der Waals surface area contributed by atoms with Crippen molar-refractivity contribution in [3.05, 3.63) is 22.4 Å². The average molecular weight is 242 g/mol. The lowest BCUT2D eigenvalue weighted by Crippen LogP contribution is -2.26. The molecule has 1 N–H and O–H groups in total. The highest BCUT2D eigenvalue weighted by Gasteiger charge is 2.16. The van der Waals surface area contributed by atoms with Crippen LogP contribution in [-0.4, -0.2) is 30.7 Å². The second-order valence-corrected chi connectivity index (χ2v) is 5.07. The molecule has 0 spiro atoms. The van der Waals surface area contributed by atoms with Gasteiger partial charge in [-0.2, -0.15) is 0 Å². The van der Waals surface area contributed by atoms with Crippen molar-refractivity contribution in [3.8, 4) is 0 Å². The van der Waals surface area contributed by atoms with Crippen molar-refractivity contribution in [2.45, 2.75) is 38.1 Å². The molecule has 0 aliphatic carbocycles. The first-order chi connectivity index (χ1) is 7.84. The van der Waals surface area contributed by atoms with Crippen molar-refractivity contribution in [3.63, 3.8) is 0 Å². The van der Waals surface area contributed by atoms with E-state index >= 15 is 0 Å². The van der Waals surface area contributed by atoms with Gasteiger partial charge < -0.3 is 14.6 Å². The van der Waals surface area contributed by atoms with E-state index in [-0.39, 0.29) is 12.4 Å². The fourth-order valence-electron chi connectivity index (χ4n) is 1.79. The summed E-state index contributed by atoms with van der Waals surface area (Å²) in [5.74, 6) is 0. The minimum Gasteiger partial charge on any atom is -0.393 e. The molecular weight excluding hydrogens is 224 g/mol. The maximum Gasteiger partial charge on any atom is 0.157 e. The third-order valence-electron chi connectivity index (χ3n) is 2.65. The first-order valence-corrected chi connectivity index (χ1v) is 6.66. The largest absolute Gasteiger partial charge is 0.393 e. The summed E-state index contributed by atoms with van der Waals surface area (Å²) in [6.07, 6.45) is 2.85.